The Morgan fingerprint density at radius 2 is 2.31 bits per heavy atom. The monoisotopic (exact) mass is 228 g/mol. The van der Waals surface area contributed by atoms with Crippen LogP contribution in [0, 0.1) is 0 Å². The fourth-order valence-corrected chi connectivity index (χ4v) is 1.05. The number of hydrogen-bond acceptors (Lipinski definition) is 6. The predicted octanol–water partition coefficient (Wildman–Crippen LogP) is -1.23. The average molecular weight is 228 g/mol. The van der Waals surface area contributed by atoms with Crippen LogP contribution in [0.2, 0.25) is 0 Å². The molecule has 8 heteroatoms. The minimum atomic E-state index is -0.0281. The first kappa shape index (κ1) is 12.4. The number of methoxy groups -OCH3 is 1. The Labute approximate surface area is 93.3 Å². The van der Waals surface area contributed by atoms with Crippen molar-refractivity contribution >= 4 is 11.9 Å². The highest BCUT2D eigenvalue weighted by Crippen LogP contribution is 1.95. The molecule has 8 nitrogen and oxygen atoms in total. The molecule has 0 atom stereocenters. The Kier molecular flexibility index (Phi) is 5.20. The van der Waals surface area contributed by atoms with E-state index in [2.05, 4.69) is 26.2 Å². The van der Waals surface area contributed by atoms with E-state index >= 15 is 0 Å². The number of nitrogens with one attached hydrogen (secondary N) is 2. The highest BCUT2D eigenvalue weighted by Gasteiger charge is 2.03. The zero-order valence-electron chi connectivity index (χ0n) is 9.43. The first-order chi connectivity index (χ1) is 7.74. The number of carbonyl (C=O) groups excluding carboxylic acids is 1. The summed E-state index contributed by atoms with van der Waals surface area (Å²) < 4.78 is 6.31. The standard InChI is InChI=1S/C8H16N6O2/c1-14-8(11-12-13-14)10-4-3-7(15)9-5-6-16-2/h3-6H2,1-2H3,(H,9,15)(H,10,11,13). The molecule has 1 amide bonds. The van der Waals surface area contributed by atoms with Gasteiger partial charge in [-0.3, -0.25) is 4.79 Å². The number of aryl methyl sites for hydroxylation is 1. The van der Waals surface area contributed by atoms with Gasteiger partial charge in [0.25, 0.3) is 0 Å². The van der Waals surface area contributed by atoms with Crippen molar-refractivity contribution in [2.45, 2.75) is 6.42 Å². The molecule has 0 aliphatic heterocycles. The van der Waals surface area contributed by atoms with E-state index in [1.807, 2.05) is 0 Å². The molecule has 16 heavy (non-hydrogen) atoms. The zero-order valence-corrected chi connectivity index (χ0v) is 9.43. The second-order valence-corrected chi connectivity index (χ2v) is 3.15. The molecule has 0 fully saturated rings. The minimum absolute atomic E-state index is 0.0281. The molecule has 1 heterocycles. The maximum Gasteiger partial charge on any atom is 0.242 e. The minimum Gasteiger partial charge on any atom is -0.383 e. The second-order valence-electron chi connectivity index (χ2n) is 3.15. The Bertz CT molecular complexity index is 326. The summed E-state index contributed by atoms with van der Waals surface area (Å²) in [5.74, 6) is 0.518. The van der Waals surface area contributed by atoms with Gasteiger partial charge in [0.15, 0.2) is 0 Å². The van der Waals surface area contributed by atoms with Crippen molar-refractivity contribution in [1.29, 1.82) is 0 Å². The lowest BCUT2D eigenvalue weighted by molar-refractivity contribution is -0.121. The number of rotatable bonds is 7. The first-order valence-electron chi connectivity index (χ1n) is 4.96. The summed E-state index contributed by atoms with van der Waals surface area (Å²) in [7, 11) is 3.32. The number of aromatic nitrogens is 4. The summed E-state index contributed by atoms with van der Waals surface area (Å²) in [6.45, 7) is 1.54. The van der Waals surface area contributed by atoms with E-state index in [1.165, 1.54) is 4.68 Å². The lowest BCUT2D eigenvalue weighted by atomic mass is 10.4. The molecule has 0 spiro atoms. The SMILES string of the molecule is COCCNC(=O)CCNc1nnnn1C. The molecule has 0 saturated carbocycles. The van der Waals surface area contributed by atoms with E-state index in [-0.39, 0.29) is 5.91 Å². The smallest absolute Gasteiger partial charge is 0.242 e. The van der Waals surface area contributed by atoms with Crippen LogP contribution in [-0.2, 0) is 16.6 Å². The number of anilines is 1. The number of amides is 1. The molecule has 0 radical (unpaired) electrons. The van der Waals surface area contributed by atoms with Crippen LogP contribution in [-0.4, -0.2) is 52.9 Å². The fourth-order valence-electron chi connectivity index (χ4n) is 1.05. The first-order valence-corrected chi connectivity index (χ1v) is 4.96. The van der Waals surface area contributed by atoms with Gasteiger partial charge in [-0.1, -0.05) is 5.10 Å². The highest BCUT2D eigenvalue weighted by atomic mass is 16.5. The van der Waals surface area contributed by atoms with Gasteiger partial charge in [0.05, 0.1) is 6.61 Å². The van der Waals surface area contributed by atoms with Crippen LogP contribution in [0.1, 0.15) is 6.42 Å². The number of ether oxygens (including phenoxy) is 1. The number of nitrogens with zero attached hydrogens (tertiary/aromatic N) is 4. The van der Waals surface area contributed by atoms with E-state index < -0.39 is 0 Å². The van der Waals surface area contributed by atoms with Crippen LogP contribution in [0.3, 0.4) is 0 Å². The normalized spacial score (nSPS) is 10.1. The zero-order chi connectivity index (χ0) is 11.8. The topological polar surface area (TPSA) is 94.0 Å². The Hall–Kier alpha value is -1.70. The van der Waals surface area contributed by atoms with Crippen LogP contribution < -0.4 is 10.6 Å². The largest absolute Gasteiger partial charge is 0.383 e. The quantitative estimate of drug-likeness (QED) is 0.568. The van der Waals surface area contributed by atoms with E-state index in [1.54, 1.807) is 14.2 Å². The lowest BCUT2D eigenvalue weighted by Crippen LogP contribution is -2.28. The van der Waals surface area contributed by atoms with Gasteiger partial charge in [-0.25, -0.2) is 4.68 Å². The van der Waals surface area contributed by atoms with Crippen LogP contribution in [0.15, 0.2) is 0 Å². The van der Waals surface area contributed by atoms with Crippen molar-refractivity contribution < 1.29 is 9.53 Å². The van der Waals surface area contributed by atoms with Crippen LogP contribution in [0.5, 0.6) is 0 Å². The third-order valence-electron chi connectivity index (χ3n) is 1.88. The summed E-state index contributed by atoms with van der Waals surface area (Å²) in [6.07, 6.45) is 0.372. The fraction of sp³-hybridized carbons (Fsp3) is 0.750. The van der Waals surface area contributed by atoms with Crippen LogP contribution in [0.4, 0.5) is 5.95 Å². The van der Waals surface area contributed by atoms with Crippen LogP contribution >= 0.6 is 0 Å². The van der Waals surface area contributed by atoms with E-state index in [9.17, 15) is 4.79 Å². The van der Waals surface area contributed by atoms with Crippen molar-refractivity contribution in [2.24, 2.45) is 7.05 Å². The van der Waals surface area contributed by atoms with E-state index in [0.29, 0.717) is 32.1 Å². The van der Waals surface area contributed by atoms with Crippen LogP contribution in [0.25, 0.3) is 0 Å². The summed E-state index contributed by atoms with van der Waals surface area (Å²) in [6, 6.07) is 0. The molecule has 0 aliphatic carbocycles. The third kappa shape index (κ3) is 4.22. The Morgan fingerprint density at radius 3 is 2.94 bits per heavy atom. The molecule has 2 N–H and O–H groups in total. The maximum absolute atomic E-state index is 11.3. The average Bonchev–Trinajstić information content (AvgIpc) is 2.65. The molecular formula is C8H16N6O2. The second kappa shape index (κ2) is 6.72. The predicted molar refractivity (Wildman–Crippen MR) is 56.8 cm³/mol. The summed E-state index contributed by atoms with van der Waals surface area (Å²) in [4.78, 5) is 11.3. The van der Waals surface area contributed by atoms with Gasteiger partial charge in [-0.15, -0.1) is 0 Å². The number of tetrazole rings is 1. The summed E-state index contributed by atoms with van der Waals surface area (Å²) in [5.41, 5.74) is 0. The van der Waals surface area contributed by atoms with Gasteiger partial charge in [-0.05, 0) is 10.4 Å². The van der Waals surface area contributed by atoms with Gasteiger partial charge in [0.2, 0.25) is 11.9 Å². The molecule has 0 aromatic carbocycles. The third-order valence-corrected chi connectivity index (χ3v) is 1.88. The molecule has 0 unspecified atom stereocenters. The van der Waals surface area contributed by atoms with Gasteiger partial charge in [0.1, 0.15) is 0 Å². The summed E-state index contributed by atoms with van der Waals surface area (Å²) in [5, 5.41) is 16.5. The van der Waals surface area contributed by atoms with Gasteiger partial charge in [-0.2, -0.15) is 0 Å². The maximum atomic E-state index is 11.3. The van der Waals surface area contributed by atoms with E-state index in [0.717, 1.165) is 0 Å². The highest BCUT2D eigenvalue weighted by molar-refractivity contribution is 5.76. The van der Waals surface area contributed by atoms with E-state index in [4.69, 9.17) is 4.74 Å². The number of carbonyl (C=O) groups is 1. The molecule has 1 rings (SSSR count). The molecule has 90 valence electrons. The van der Waals surface area contributed by atoms with Gasteiger partial charge in [0, 0.05) is 33.7 Å². The molecule has 0 bridgehead atoms. The molecule has 1 aromatic heterocycles. The number of hydrogen-bond donors (Lipinski definition) is 2. The van der Waals surface area contributed by atoms with Crippen molar-refractivity contribution in [2.75, 3.05) is 32.1 Å². The summed E-state index contributed by atoms with van der Waals surface area (Å²) >= 11 is 0. The molecule has 1 aromatic rings. The molecular weight excluding hydrogens is 212 g/mol. The Morgan fingerprint density at radius 1 is 1.50 bits per heavy atom. The Balaban J connectivity index is 2.11. The molecule has 0 aliphatic rings. The van der Waals surface area contributed by atoms with Gasteiger partial charge >= 0.3 is 0 Å². The van der Waals surface area contributed by atoms with Gasteiger partial charge < -0.3 is 15.4 Å². The lowest BCUT2D eigenvalue weighted by Gasteiger charge is -2.05. The van der Waals surface area contributed by atoms with Crippen molar-refractivity contribution in [3.8, 4) is 0 Å². The van der Waals surface area contributed by atoms with Crippen molar-refractivity contribution in [3.05, 3.63) is 0 Å². The van der Waals surface area contributed by atoms with Crippen molar-refractivity contribution in [3.63, 3.8) is 0 Å². The van der Waals surface area contributed by atoms with Crippen molar-refractivity contribution in [1.82, 2.24) is 25.5 Å². The molecule has 0 saturated heterocycles.